The van der Waals surface area contributed by atoms with Crippen LogP contribution in [0.1, 0.15) is 24.3 Å². The van der Waals surface area contributed by atoms with Crippen LogP contribution in [0.2, 0.25) is 5.02 Å². The van der Waals surface area contributed by atoms with E-state index in [1.807, 2.05) is 0 Å². The van der Waals surface area contributed by atoms with Gasteiger partial charge >= 0.3 is 0 Å². The molecule has 0 saturated heterocycles. The van der Waals surface area contributed by atoms with Gasteiger partial charge in [-0.2, -0.15) is 0 Å². The molecule has 1 saturated carbocycles. The molecule has 4 nitrogen and oxygen atoms in total. The highest BCUT2D eigenvalue weighted by Gasteiger charge is 2.45. The van der Waals surface area contributed by atoms with Crippen molar-refractivity contribution in [2.45, 2.75) is 18.8 Å². The number of nitrogens with one attached hydrogen (secondary N) is 1. The Morgan fingerprint density at radius 3 is 3.00 bits per heavy atom. The first-order chi connectivity index (χ1) is 10.1. The van der Waals surface area contributed by atoms with E-state index in [4.69, 9.17) is 21.4 Å². The van der Waals surface area contributed by atoms with Crippen LogP contribution >= 0.6 is 11.6 Å². The molecule has 1 aliphatic carbocycles. The molecule has 2 unspecified atom stereocenters. The molecule has 2 rings (SSSR count). The van der Waals surface area contributed by atoms with Crippen molar-refractivity contribution in [2.75, 3.05) is 26.4 Å². The van der Waals surface area contributed by atoms with Gasteiger partial charge in [-0.3, -0.25) is 4.79 Å². The minimum Gasteiger partial charge on any atom is -0.394 e. The fourth-order valence-electron chi connectivity index (χ4n) is 2.35. The Morgan fingerprint density at radius 1 is 1.48 bits per heavy atom. The van der Waals surface area contributed by atoms with Crippen molar-refractivity contribution in [3.63, 3.8) is 0 Å². The topological polar surface area (TPSA) is 58.6 Å². The van der Waals surface area contributed by atoms with Crippen LogP contribution in [0, 0.1) is 11.7 Å². The highest BCUT2D eigenvalue weighted by atomic mass is 35.5. The van der Waals surface area contributed by atoms with Gasteiger partial charge in [0.25, 0.3) is 0 Å². The highest BCUT2D eigenvalue weighted by molar-refractivity contribution is 6.31. The summed E-state index contributed by atoms with van der Waals surface area (Å²) in [6, 6.07) is 4.57. The van der Waals surface area contributed by atoms with E-state index in [1.54, 1.807) is 12.1 Å². The molecule has 0 spiro atoms. The van der Waals surface area contributed by atoms with Crippen LogP contribution < -0.4 is 5.32 Å². The van der Waals surface area contributed by atoms with Crippen LogP contribution in [0.5, 0.6) is 0 Å². The third-order valence-electron chi connectivity index (χ3n) is 3.50. The highest BCUT2D eigenvalue weighted by Crippen LogP contribution is 2.50. The quantitative estimate of drug-likeness (QED) is 0.722. The Labute approximate surface area is 128 Å². The summed E-state index contributed by atoms with van der Waals surface area (Å²) in [6.45, 7) is 1.32. The average Bonchev–Trinajstić information content (AvgIpc) is 3.22. The van der Waals surface area contributed by atoms with Crippen LogP contribution in [0.25, 0.3) is 0 Å². The number of hydrogen-bond donors (Lipinski definition) is 2. The molecule has 1 amide bonds. The van der Waals surface area contributed by atoms with Crippen molar-refractivity contribution in [1.29, 1.82) is 0 Å². The summed E-state index contributed by atoms with van der Waals surface area (Å²) >= 11 is 6.00. The van der Waals surface area contributed by atoms with E-state index >= 15 is 0 Å². The minimum absolute atomic E-state index is 0.000484. The second-order valence-electron chi connectivity index (χ2n) is 5.06. The molecule has 116 valence electrons. The molecular formula is C15H19ClFNO3. The first-order valence-electron chi connectivity index (χ1n) is 7.05. The molecule has 1 aliphatic rings. The van der Waals surface area contributed by atoms with Gasteiger partial charge in [-0.05, 0) is 25.0 Å². The van der Waals surface area contributed by atoms with Crippen LogP contribution in [0.3, 0.4) is 0 Å². The van der Waals surface area contributed by atoms with Gasteiger partial charge in [0.05, 0.1) is 13.2 Å². The number of ether oxygens (including phenoxy) is 1. The number of aliphatic hydroxyl groups is 1. The Kier molecular flexibility index (Phi) is 5.96. The lowest BCUT2D eigenvalue weighted by Gasteiger charge is -2.07. The number of rotatable bonds is 8. The zero-order valence-corrected chi connectivity index (χ0v) is 12.4. The molecule has 0 aromatic heterocycles. The third kappa shape index (κ3) is 4.40. The van der Waals surface area contributed by atoms with Crippen molar-refractivity contribution in [3.05, 3.63) is 34.6 Å². The summed E-state index contributed by atoms with van der Waals surface area (Å²) < 4.78 is 18.8. The van der Waals surface area contributed by atoms with Crippen molar-refractivity contribution in [2.24, 2.45) is 5.92 Å². The second-order valence-corrected chi connectivity index (χ2v) is 5.47. The maximum absolute atomic E-state index is 13.7. The van der Waals surface area contributed by atoms with Crippen molar-refractivity contribution >= 4 is 17.5 Å². The first kappa shape index (κ1) is 16.2. The summed E-state index contributed by atoms with van der Waals surface area (Å²) in [7, 11) is 0. The fourth-order valence-corrected chi connectivity index (χ4v) is 2.66. The smallest absolute Gasteiger partial charge is 0.223 e. The predicted octanol–water partition coefficient (Wildman–Crippen LogP) is 2.10. The Balaban J connectivity index is 1.74. The molecule has 0 heterocycles. The fraction of sp³-hybridized carbons (Fsp3) is 0.533. The lowest BCUT2D eigenvalue weighted by Crippen LogP contribution is -2.27. The van der Waals surface area contributed by atoms with E-state index in [-0.39, 0.29) is 30.2 Å². The molecule has 0 aliphatic heterocycles. The van der Waals surface area contributed by atoms with E-state index < -0.39 is 0 Å². The molecule has 2 N–H and O–H groups in total. The van der Waals surface area contributed by atoms with E-state index in [1.165, 1.54) is 6.07 Å². The number of halogens is 2. The van der Waals surface area contributed by atoms with E-state index in [0.29, 0.717) is 43.2 Å². The molecule has 6 heteroatoms. The number of aliphatic hydroxyl groups excluding tert-OH is 1. The van der Waals surface area contributed by atoms with Gasteiger partial charge in [-0.15, -0.1) is 0 Å². The lowest BCUT2D eigenvalue weighted by atomic mass is 10.1. The SMILES string of the molecule is O=C(NCCCOCCO)C1CC1c1c(F)cccc1Cl. The molecule has 2 atom stereocenters. The Hall–Kier alpha value is -1.17. The molecule has 0 radical (unpaired) electrons. The van der Waals surface area contributed by atoms with E-state index in [2.05, 4.69) is 5.32 Å². The van der Waals surface area contributed by atoms with E-state index in [0.717, 1.165) is 0 Å². The maximum atomic E-state index is 13.7. The van der Waals surface area contributed by atoms with Gasteiger partial charge in [-0.1, -0.05) is 17.7 Å². The van der Waals surface area contributed by atoms with Gasteiger partial charge in [0.2, 0.25) is 5.91 Å². The zero-order valence-electron chi connectivity index (χ0n) is 11.6. The summed E-state index contributed by atoms with van der Waals surface area (Å²) in [5.74, 6) is -0.733. The Bertz CT molecular complexity index is 478. The van der Waals surface area contributed by atoms with Crippen LogP contribution in [0.4, 0.5) is 4.39 Å². The predicted molar refractivity (Wildman–Crippen MR) is 77.8 cm³/mol. The molecular weight excluding hydrogens is 297 g/mol. The normalized spacial score (nSPS) is 20.3. The standard InChI is InChI=1S/C15H19ClFNO3/c16-12-3-1-4-13(17)14(12)10-9-11(10)15(20)18-5-2-7-21-8-6-19/h1,3-4,10-11,19H,2,5-9H2,(H,18,20). The monoisotopic (exact) mass is 315 g/mol. The van der Waals surface area contributed by atoms with E-state index in [9.17, 15) is 9.18 Å². The summed E-state index contributed by atoms with van der Waals surface area (Å²) in [4.78, 5) is 11.9. The number of amides is 1. The molecule has 1 aromatic rings. The van der Waals surface area contributed by atoms with Crippen molar-refractivity contribution in [1.82, 2.24) is 5.32 Å². The third-order valence-corrected chi connectivity index (χ3v) is 3.83. The molecule has 1 fully saturated rings. The number of benzene rings is 1. The summed E-state index contributed by atoms with van der Waals surface area (Å²) in [5.41, 5.74) is 0.450. The van der Waals surface area contributed by atoms with Crippen molar-refractivity contribution < 1.29 is 19.0 Å². The average molecular weight is 316 g/mol. The summed E-state index contributed by atoms with van der Waals surface area (Å²) in [6.07, 6.45) is 1.32. The maximum Gasteiger partial charge on any atom is 0.223 e. The van der Waals surface area contributed by atoms with Crippen molar-refractivity contribution in [3.8, 4) is 0 Å². The van der Waals surface area contributed by atoms with Gasteiger partial charge in [0.15, 0.2) is 0 Å². The first-order valence-corrected chi connectivity index (χ1v) is 7.43. The van der Waals surface area contributed by atoms with Gasteiger partial charge in [0.1, 0.15) is 5.82 Å². The number of carbonyl (C=O) groups is 1. The lowest BCUT2D eigenvalue weighted by molar-refractivity contribution is -0.122. The Morgan fingerprint density at radius 2 is 2.29 bits per heavy atom. The second kappa shape index (κ2) is 7.73. The van der Waals surface area contributed by atoms with Gasteiger partial charge in [0, 0.05) is 35.6 Å². The number of hydrogen-bond acceptors (Lipinski definition) is 3. The molecule has 0 bridgehead atoms. The molecule has 21 heavy (non-hydrogen) atoms. The van der Waals surface area contributed by atoms with Gasteiger partial charge < -0.3 is 15.2 Å². The summed E-state index contributed by atoms with van der Waals surface area (Å²) in [5, 5.41) is 11.7. The van der Waals surface area contributed by atoms with Gasteiger partial charge in [-0.25, -0.2) is 4.39 Å². The largest absolute Gasteiger partial charge is 0.394 e. The number of carbonyl (C=O) groups excluding carboxylic acids is 1. The zero-order chi connectivity index (χ0) is 15.2. The van der Waals surface area contributed by atoms with Crippen LogP contribution in [-0.2, 0) is 9.53 Å². The molecule has 1 aromatic carbocycles. The van der Waals surface area contributed by atoms with Crippen LogP contribution in [0.15, 0.2) is 18.2 Å². The minimum atomic E-state index is -0.347. The van der Waals surface area contributed by atoms with Crippen LogP contribution in [-0.4, -0.2) is 37.4 Å².